The van der Waals surface area contributed by atoms with Crippen LogP contribution in [0.3, 0.4) is 0 Å². The molecule has 0 unspecified atom stereocenters. The van der Waals surface area contributed by atoms with Gasteiger partial charge in [0.25, 0.3) is 0 Å². The summed E-state index contributed by atoms with van der Waals surface area (Å²) >= 11 is 3.19. The fraction of sp³-hybridized carbons (Fsp3) is 0.417. The highest BCUT2D eigenvalue weighted by molar-refractivity contribution is 9.10. The van der Waals surface area contributed by atoms with Crippen molar-refractivity contribution in [3.05, 3.63) is 34.1 Å². The molecule has 1 aromatic carbocycles. The summed E-state index contributed by atoms with van der Waals surface area (Å²) in [4.78, 5) is 13.6. The van der Waals surface area contributed by atoms with Crippen molar-refractivity contribution >= 4 is 21.8 Å². The van der Waals surface area contributed by atoms with Gasteiger partial charge in [-0.1, -0.05) is 22.0 Å². The maximum Gasteiger partial charge on any atom is 0.227 e. The number of morpholine rings is 1. The van der Waals surface area contributed by atoms with E-state index < -0.39 is 0 Å². The van der Waals surface area contributed by atoms with E-state index in [1.54, 1.807) is 17.0 Å². The molecule has 92 valence electrons. The Morgan fingerprint density at radius 1 is 1.41 bits per heavy atom. The van der Waals surface area contributed by atoms with E-state index in [0.717, 1.165) is 0 Å². The van der Waals surface area contributed by atoms with Gasteiger partial charge in [-0.3, -0.25) is 4.79 Å². The molecule has 0 aromatic heterocycles. The van der Waals surface area contributed by atoms with Gasteiger partial charge in [0.15, 0.2) is 0 Å². The normalized spacial score (nSPS) is 16.0. The van der Waals surface area contributed by atoms with Crippen LogP contribution in [0.4, 0.5) is 4.39 Å². The number of hydrogen-bond donors (Lipinski definition) is 0. The lowest BCUT2D eigenvalue weighted by Crippen LogP contribution is -2.41. The molecule has 1 aliphatic heterocycles. The molecule has 0 atom stereocenters. The minimum Gasteiger partial charge on any atom is -0.378 e. The number of amides is 1. The van der Waals surface area contributed by atoms with Crippen LogP contribution in [0.1, 0.15) is 5.56 Å². The summed E-state index contributed by atoms with van der Waals surface area (Å²) in [7, 11) is 0. The van der Waals surface area contributed by atoms with Gasteiger partial charge in [0.1, 0.15) is 5.82 Å². The zero-order valence-electron chi connectivity index (χ0n) is 9.29. The van der Waals surface area contributed by atoms with Crippen molar-refractivity contribution in [1.29, 1.82) is 0 Å². The molecule has 0 radical (unpaired) electrons. The Bertz CT molecular complexity index is 419. The number of benzene rings is 1. The van der Waals surface area contributed by atoms with Gasteiger partial charge in [0, 0.05) is 17.6 Å². The van der Waals surface area contributed by atoms with Gasteiger partial charge in [0.05, 0.1) is 19.6 Å². The maximum atomic E-state index is 13.6. The number of halogens is 2. The first-order chi connectivity index (χ1) is 8.16. The van der Waals surface area contributed by atoms with Gasteiger partial charge >= 0.3 is 0 Å². The van der Waals surface area contributed by atoms with Crippen molar-refractivity contribution in [3.63, 3.8) is 0 Å². The van der Waals surface area contributed by atoms with Crippen molar-refractivity contribution in [3.8, 4) is 0 Å². The second kappa shape index (κ2) is 5.60. The largest absolute Gasteiger partial charge is 0.378 e. The van der Waals surface area contributed by atoms with Gasteiger partial charge in [-0.2, -0.15) is 0 Å². The molecular formula is C12H13BrFNO2. The van der Waals surface area contributed by atoms with Crippen LogP contribution in [0.5, 0.6) is 0 Å². The molecule has 5 heteroatoms. The molecule has 2 rings (SSSR count). The summed E-state index contributed by atoms with van der Waals surface area (Å²) < 4.78 is 19.4. The molecule has 1 amide bonds. The third-order valence-corrected chi connectivity index (χ3v) is 3.21. The summed E-state index contributed by atoms with van der Waals surface area (Å²) in [6.45, 7) is 2.32. The van der Waals surface area contributed by atoms with E-state index in [1.165, 1.54) is 6.07 Å². The number of hydrogen-bond acceptors (Lipinski definition) is 2. The maximum absolute atomic E-state index is 13.6. The number of ether oxygens (including phenoxy) is 1. The fourth-order valence-electron chi connectivity index (χ4n) is 1.75. The lowest BCUT2D eigenvalue weighted by atomic mass is 10.1. The van der Waals surface area contributed by atoms with Crippen molar-refractivity contribution in [2.45, 2.75) is 6.42 Å². The summed E-state index contributed by atoms with van der Waals surface area (Å²) in [6.07, 6.45) is 0.110. The Kier molecular flexibility index (Phi) is 4.12. The van der Waals surface area contributed by atoms with Crippen LogP contribution in [-0.2, 0) is 16.0 Å². The zero-order valence-corrected chi connectivity index (χ0v) is 10.9. The van der Waals surface area contributed by atoms with Crippen LogP contribution in [0.25, 0.3) is 0 Å². The Morgan fingerprint density at radius 2 is 2.12 bits per heavy atom. The third kappa shape index (κ3) is 3.26. The second-order valence-electron chi connectivity index (χ2n) is 3.91. The number of carbonyl (C=O) groups excluding carboxylic acids is 1. The van der Waals surface area contributed by atoms with Crippen LogP contribution >= 0.6 is 15.9 Å². The summed E-state index contributed by atoms with van der Waals surface area (Å²) in [5.74, 6) is -0.393. The lowest BCUT2D eigenvalue weighted by Gasteiger charge is -2.26. The molecule has 1 fully saturated rings. The van der Waals surface area contributed by atoms with Gasteiger partial charge in [-0.15, -0.1) is 0 Å². The smallest absolute Gasteiger partial charge is 0.227 e. The Morgan fingerprint density at radius 3 is 2.76 bits per heavy atom. The molecule has 17 heavy (non-hydrogen) atoms. The van der Waals surface area contributed by atoms with E-state index in [-0.39, 0.29) is 18.1 Å². The molecule has 0 spiro atoms. The Balaban J connectivity index is 2.02. The summed E-state index contributed by atoms with van der Waals surface area (Å²) in [5, 5.41) is 0. The average molecular weight is 302 g/mol. The minimum atomic E-state index is -0.346. The third-order valence-electron chi connectivity index (χ3n) is 2.72. The Hall–Kier alpha value is -0.940. The molecule has 0 aliphatic carbocycles. The van der Waals surface area contributed by atoms with Crippen molar-refractivity contribution < 1.29 is 13.9 Å². The average Bonchev–Trinajstić information content (AvgIpc) is 2.34. The van der Waals surface area contributed by atoms with E-state index in [4.69, 9.17) is 4.74 Å². The Labute approximate surface area is 108 Å². The quantitative estimate of drug-likeness (QED) is 0.836. The molecule has 0 N–H and O–H groups in total. The van der Waals surface area contributed by atoms with E-state index >= 15 is 0 Å². The topological polar surface area (TPSA) is 29.5 Å². The van der Waals surface area contributed by atoms with E-state index in [1.807, 2.05) is 0 Å². The number of nitrogens with zero attached hydrogens (tertiary/aromatic N) is 1. The minimum absolute atomic E-state index is 0.0467. The molecule has 0 bridgehead atoms. The van der Waals surface area contributed by atoms with Crippen LogP contribution < -0.4 is 0 Å². The van der Waals surface area contributed by atoms with Gasteiger partial charge in [-0.05, 0) is 17.7 Å². The molecule has 0 saturated carbocycles. The highest BCUT2D eigenvalue weighted by Crippen LogP contribution is 2.16. The van der Waals surface area contributed by atoms with Crippen LogP contribution in [-0.4, -0.2) is 37.1 Å². The molecular weight excluding hydrogens is 289 g/mol. The predicted octanol–water partition coefficient (Wildman–Crippen LogP) is 1.99. The SMILES string of the molecule is O=C(Cc1ccc(Br)cc1F)N1CCOCC1. The predicted molar refractivity (Wildman–Crippen MR) is 65.2 cm³/mol. The first-order valence-corrected chi connectivity index (χ1v) is 6.25. The molecule has 3 nitrogen and oxygen atoms in total. The fourth-order valence-corrected chi connectivity index (χ4v) is 2.09. The second-order valence-corrected chi connectivity index (χ2v) is 4.82. The van der Waals surface area contributed by atoms with E-state index in [9.17, 15) is 9.18 Å². The molecule has 1 saturated heterocycles. The summed E-state index contributed by atoms with van der Waals surface area (Å²) in [6, 6.07) is 4.75. The van der Waals surface area contributed by atoms with Gasteiger partial charge < -0.3 is 9.64 Å². The number of carbonyl (C=O) groups is 1. The highest BCUT2D eigenvalue weighted by Gasteiger charge is 2.18. The first-order valence-electron chi connectivity index (χ1n) is 5.46. The first kappa shape index (κ1) is 12.5. The highest BCUT2D eigenvalue weighted by atomic mass is 79.9. The summed E-state index contributed by atoms with van der Waals surface area (Å²) in [5.41, 5.74) is 0.435. The van der Waals surface area contributed by atoms with Crippen LogP contribution in [0.15, 0.2) is 22.7 Å². The monoisotopic (exact) mass is 301 g/mol. The van der Waals surface area contributed by atoms with Crippen molar-refractivity contribution in [2.24, 2.45) is 0 Å². The van der Waals surface area contributed by atoms with Gasteiger partial charge in [0.2, 0.25) is 5.91 Å². The molecule has 1 aliphatic rings. The van der Waals surface area contributed by atoms with E-state index in [2.05, 4.69) is 15.9 Å². The van der Waals surface area contributed by atoms with Crippen LogP contribution in [0.2, 0.25) is 0 Å². The standard InChI is InChI=1S/C12H13BrFNO2/c13-10-2-1-9(11(14)8-10)7-12(16)15-3-5-17-6-4-15/h1-2,8H,3-7H2. The zero-order chi connectivity index (χ0) is 12.3. The van der Waals surface area contributed by atoms with Crippen LogP contribution in [0, 0.1) is 5.82 Å². The van der Waals surface area contributed by atoms with E-state index in [0.29, 0.717) is 36.3 Å². The van der Waals surface area contributed by atoms with Gasteiger partial charge in [-0.25, -0.2) is 4.39 Å². The lowest BCUT2D eigenvalue weighted by molar-refractivity contribution is -0.134. The number of rotatable bonds is 2. The molecule has 1 heterocycles. The molecule has 1 aromatic rings. The van der Waals surface area contributed by atoms with Crippen molar-refractivity contribution in [1.82, 2.24) is 4.90 Å². The van der Waals surface area contributed by atoms with Crippen molar-refractivity contribution in [2.75, 3.05) is 26.3 Å².